The average molecular weight is 303 g/mol. The van der Waals surface area contributed by atoms with Gasteiger partial charge >= 0.3 is 5.69 Å². The van der Waals surface area contributed by atoms with E-state index in [0.717, 1.165) is 10.4 Å². The predicted molar refractivity (Wildman–Crippen MR) is 73.1 cm³/mol. The van der Waals surface area contributed by atoms with Gasteiger partial charge in [-0.25, -0.2) is 8.42 Å². The first-order valence-corrected chi connectivity index (χ1v) is 7.20. The molecule has 1 rings (SSSR count). The third-order valence-electron chi connectivity index (χ3n) is 2.99. The first kappa shape index (κ1) is 16.3. The molecule has 0 saturated heterocycles. The first-order valence-electron chi connectivity index (χ1n) is 5.76. The maximum atomic E-state index is 12.3. The summed E-state index contributed by atoms with van der Waals surface area (Å²) in [6.45, 7) is 1.80. The highest BCUT2D eigenvalue weighted by Gasteiger charge is 2.27. The Morgan fingerprint density at radius 2 is 2.10 bits per heavy atom. The van der Waals surface area contributed by atoms with Gasteiger partial charge in [0.1, 0.15) is 0 Å². The Balaban J connectivity index is 3.33. The van der Waals surface area contributed by atoms with Crippen LogP contribution in [-0.2, 0) is 10.0 Å². The van der Waals surface area contributed by atoms with Crippen molar-refractivity contribution in [1.29, 1.82) is 0 Å². The van der Waals surface area contributed by atoms with Crippen LogP contribution in [-0.4, -0.2) is 44.4 Å². The smallest absolute Gasteiger partial charge is 0.312 e. The molecule has 0 aliphatic heterocycles. The second kappa shape index (κ2) is 6.16. The van der Waals surface area contributed by atoms with Crippen molar-refractivity contribution in [3.8, 4) is 5.75 Å². The van der Waals surface area contributed by atoms with Crippen LogP contribution in [0.15, 0.2) is 23.1 Å². The summed E-state index contributed by atoms with van der Waals surface area (Å²) in [4.78, 5) is 10.1. The molecule has 112 valence electrons. The quantitative estimate of drug-likeness (QED) is 0.606. The molecule has 0 radical (unpaired) electrons. The molecule has 0 heterocycles. The number of nitrogens with zero attached hydrogens (tertiary/aromatic N) is 2. The molecule has 1 aromatic rings. The van der Waals surface area contributed by atoms with E-state index in [2.05, 4.69) is 0 Å². The lowest BCUT2D eigenvalue weighted by Crippen LogP contribution is -2.39. The van der Waals surface area contributed by atoms with E-state index in [4.69, 9.17) is 10.5 Å². The minimum Gasteiger partial charge on any atom is -0.490 e. The lowest BCUT2D eigenvalue weighted by Gasteiger charge is -2.23. The molecule has 0 amide bonds. The van der Waals surface area contributed by atoms with E-state index < -0.39 is 26.7 Å². The van der Waals surface area contributed by atoms with E-state index in [1.54, 1.807) is 6.92 Å². The highest BCUT2D eigenvalue weighted by molar-refractivity contribution is 7.89. The van der Waals surface area contributed by atoms with Crippen LogP contribution in [0.1, 0.15) is 6.92 Å². The summed E-state index contributed by atoms with van der Waals surface area (Å²) in [5.74, 6) is 0.00322. The predicted octanol–water partition coefficient (Wildman–Crippen LogP) is 0.571. The standard InChI is InChI=1S/C11H17N3O5S/c1-8(7-12)13(2)20(17,18)9-4-5-11(19-3)10(6-9)14(15)16/h4-6,8H,7,12H2,1-3H3. The van der Waals surface area contributed by atoms with Crippen molar-refractivity contribution in [2.45, 2.75) is 17.9 Å². The lowest BCUT2D eigenvalue weighted by atomic mass is 10.3. The van der Waals surface area contributed by atoms with Gasteiger partial charge in [-0.2, -0.15) is 4.31 Å². The SMILES string of the molecule is COc1ccc(S(=O)(=O)N(C)C(C)CN)cc1[N+](=O)[O-]. The number of nitro groups is 1. The van der Waals surface area contributed by atoms with Crippen molar-refractivity contribution < 1.29 is 18.1 Å². The Bertz CT molecular complexity index is 602. The molecule has 8 nitrogen and oxygen atoms in total. The summed E-state index contributed by atoms with van der Waals surface area (Å²) in [5, 5.41) is 10.9. The van der Waals surface area contributed by atoms with Crippen molar-refractivity contribution >= 4 is 15.7 Å². The Kier molecular flexibility index (Phi) is 5.03. The van der Waals surface area contributed by atoms with Gasteiger partial charge in [0.15, 0.2) is 5.75 Å². The second-order valence-electron chi connectivity index (χ2n) is 4.20. The minimum absolute atomic E-state index is 0.00322. The first-order chi connectivity index (χ1) is 9.25. The highest BCUT2D eigenvalue weighted by Crippen LogP contribution is 2.30. The van der Waals surface area contributed by atoms with E-state index in [-0.39, 0.29) is 17.2 Å². The van der Waals surface area contributed by atoms with E-state index in [9.17, 15) is 18.5 Å². The number of nitro benzene ring substituents is 1. The summed E-state index contributed by atoms with van der Waals surface area (Å²) in [6, 6.07) is 3.09. The van der Waals surface area contributed by atoms with E-state index >= 15 is 0 Å². The third-order valence-corrected chi connectivity index (χ3v) is 4.95. The fourth-order valence-corrected chi connectivity index (χ4v) is 2.92. The van der Waals surface area contributed by atoms with Gasteiger partial charge in [0.05, 0.1) is 16.9 Å². The molecule has 0 fully saturated rings. The zero-order valence-electron chi connectivity index (χ0n) is 11.4. The van der Waals surface area contributed by atoms with Crippen LogP contribution >= 0.6 is 0 Å². The Labute approximate surface area is 117 Å². The lowest BCUT2D eigenvalue weighted by molar-refractivity contribution is -0.386. The van der Waals surface area contributed by atoms with Gasteiger partial charge < -0.3 is 10.5 Å². The van der Waals surface area contributed by atoms with Gasteiger partial charge in [-0.3, -0.25) is 10.1 Å². The molecule has 0 aliphatic carbocycles. The van der Waals surface area contributed by atoms with Crippen LogP contribution in [0.2, 0.25) is 0 Å². The maximum absolute atomic E-state index is 12.3. The Hall–Kier alpha value is -1.71. The van der Waals surface area contributed by atoms with Crippen molar-refractivity contribution in [1.82, 2.24) is 4.31 Å². The molecular formula is C11H17N3O5S. The monoisotopic (exact) mass is 303 g/mol. The number of benzene rings is 1. The van der Waals surface area contributed by atoms with Crippen molar-refractivity contribution in [3.63, 3.8) is 0 Å². The van der Waals surface area contributed by atoms with E-state index in [1.165, 1.54) is 26.3 Å². The van der Waals surface area contributed by atoms with Gasteiger partial charge in [-0.05, 0) is 19.1 Å². The third kappa shape index (κ3) is 3.06. The fraction of sp³-hybridized carbons (Fsp3) is 0.455. The fourth-order valence-electron chi connectivity index (χ4n) is 1.52. The Morgan fingerprint density at radius 3 is 2.55 bits per heavy atom. The van der Waals surface area contributed by atoms with Crippen LogP contribution in [0.4, 0.5) is 5.69 Å². The van der Waals surface area contributed by atoms with E-state index in [1.807, 2.05) is 0 Å². The molecule has 0 spiro atoms. The van der Waals surface area contributed by atoms with Crippen LogP contribution in [0.25, 0.3) is 0 Å². The molecule has 9 heteroatoms. The van der Waals surface area contributed by atoms with Crippen molar-refractivity contribution in [2.24, 2.45) is 5.73 Å². The normalized spacial score (nSPS) is 13.2. The maximum Gasteiger partial charge on any atom is 0.312 e. The number of sulfonamides is 1. The molecule has 1 unspecified atom stereocenters. The van der Waals surface area contributed by atoms with Crippen molar-refractivity contribution in [3.05, 3.63) is 28.3 Å². The number of hydrogen-bond donors (Lipinski definition) is 1. The van der Waals surface area contributed by atoms with Crippen molar-refractivity contribution in [2.75, 3.05) is 20.7 Å². The van der Waals surface area contributed by atoms with Crippen LogP contribution in [0.5, 0.6) is 5.75 Å². The molecule has 0 aliphatic rings. The highest BCUT2D eigenvalue weighted by atomic mass is 32.2. The molecule has 0 aromatic heterocycles. The molecule has 0 saturated carbocycles. The summed E-state index contributed by atoms with van der Waals surface area (Å²) in [7, 11) is -1.18. The average Bonchev–Trinajstić information content (AvgIpc) is 2.44. The van der Waals surface area contributed by atoms with Gasteiger partial charge in [-0.1, -0.05) is 0 Å². The Morgan fingerprint density at radius 1 is 1.50 bits per heavy atom. The van der Waals surface area contributed by atoms with Crippen LogP contribution < -0.4 is 10.5 Å². The minimum atomic E-state index is -3.84. The van der Waals surface area contributed by atoms with Crippen LogP contribution in [0.3, 0.4) is 0 Å². The van der Waals surface area contributed by atoms with Gasteiger partial charge in [0.2, 0.25) is 10.0 Å². The number of nitrogens with two attached hydrogens (primary N) is 1. The summed E-state index contributed by atoms with van der Waals surface area (Å²) < 4.78 is 30.5. The summed E-state index contributed by atoms with van der Waals surface area (Å²) in [5.41, 5.74) is 5.04. The molecule has 1 atom stereocenters. The number of hydrogen-bond acceptors (Lipinski definition) is 6. The van der Waals surface area contributed by atoms with Gasteiger partial charge in [0.25, 0.3) is 0 Å². The topological polar surface area (TPSA) is 116 Å². The summed E-state index contributed by atoms with van der Waals surface area (Å²) in [6.07, 6.45) is 0. The number of ether oxygens (including phenoxy) is 1. The molecule has 2 N–H and O–H groups in total. The molecule has 0 bridgehead atoms. The number of likely N-dealkylation sites (N-methyl/N-ethyl adjacent to an activating group) is 1. The van der Waals surface area contributed by atoms with Crippen LogP contribution in [0, 0.1) is 10.1 Å². The summed E-state index contributed by atoms with van der Waals surface area (Å²) >= 11 is 0. The largest absolute Gasteiger partial charge is 0.490 e. The van der Waals surface area contributed by atoms with Gasteiger partial charge in [-0.15, -0.1) is 0 Å². The number of methoxy groups -OCH3 is 1. The van der Waals surface area contributed by atoms with E-state index in [0.29, 0.717) is 0 Å². The molecular weight excluding hydrogens is 286 g/mol. The zero-order chi connectivity index (χ0) is 15.5. The molecule has 20 heavy (non-hydrogen) atoms. The van der Waals surface area contributed by atoms with Gasteiger partial charge in [0, 0.05) is 25.7 Å². The molecule has 1 aromatic carbocycles. The second-order valence-corrected chi connectivity index (χ2v) is 6.19. The zero-order valence-corrected chi connectivity index (χ0v) is 12.3. The number of rotatable bonds is 6.